The second kappa shape index (κ2) is 34.8. The maximum Gasteiger partial charge on any atom is 0.274 e. The summed E-state index contributed by atoms with van der Waals surface area (Å²) in [5.41, 5.74) is -1.07. The van der Waals surface area contributed by atoms with Gasteiger partial charge in [0.15, 0.2) is 12.6 Å². The summed E-state index contributed by atoms with van der Waals surface area (Å²) in [4.78, 5) is 0. The Bertz CT molecular complexity index is 1910. The zero-order chi connectivity index (χ0) is 72.2. The second-order valence-electron chi connectivity index (χ2n) is 34.6. The van der Waals surface area contributed by atoms with Crippen LogP contribution in [-0.2, 0) is 56.8 Å². The quantitative estimate of drug-likeness (QED) is 0.0598. The summed E-state index contributed by atoms with van der Waals surface area (Å²) in [5.74, 6) is -12.4. The van der Waals surface area contributed by atoms with E-state index in [4.69, 9.17) is 56.8 Å². The molecule has 0 bridgehead atoms. The largest absolute Gasteiger partial charge is 0.388 e. The number of aliphatic hydroxyl groups excluding tert-OH is 8. The van der Waals surface area contributed by atoms with Crippen LogP contribution in [0.1, 0.15) is 166 Å². The number of aliphatic hydroxyl groups is 16. The topological polar surface area (TPSA) is 434 Å². The molecule has 4 unspecified atom stereocenters. The predicted octanol–water partition coefficient (Wildman–Crippen LogP) is 0.958. The molecule has 28 nitrogen and oxygen atoms in total. The molecule has 16 atom stereocenters. The highest BCUT2D eigenvalue weighted by molar-refractivity contribution is 5.03. The highest BCUT2D eigenvalue weighted by Gasteiger charge is 2.69. The minimum Gasteiger partial charge on any atom is -0.388 e. The Morgan fingerprint density at radius 2 is 0.489 bits per heavy atom. The van der Waals surface area contributed by atoms with Crippen molar-refractivity contribution in [3.63, 3.8) is 0 Å². The minimum absolute atomic E-state index is 0.00720. The van der Waals surface area contributed by atoms with Gasteiger partial charge in [-0.3, -0.25) is 0 Å². The van der Waals surface area contributed by atoms with Gasteiger partial charge in [0.05, 0.1) is 79.3 Å². The van der Waals surface area contributed by atoms with Crippen LogP contribution in [0, 0.1) is 43.3 Å². The number of hydrogen-bond acceptors (Lipinski definition) is 28. The van der Waals surface area contributed by atoms with Crippen LogP contribution in [0.4, 0.5) is 0 Å². The van der Waals surface area contributed by atoms with Gasteiger partial charge in [-0.2, -0.15) is 0 Å². The molecule has 552 valence electrons. The van der Waals surface area contributed by atoms with Gasteiger partial charge in [-0.15, -0.1) is 0 Å². The fourth-order valence-electron chi connectivity index (χ4n) is 8.32. The Morgan fingerprint density at radius 1 is 0.283 bits per heavy atom. The SMILES string of the molecule is CC(C)(C)COCC(O)[C@H]1O[C@@H](OCC(C)(C)C)C(O)(O)C1(O)O.CC(C)(C)COCC(O)[C@H]1O[C@@H](OCC(C)(C)C)[C@@H](O)[C@@H]1O.CC(C)(C)COCC(O)[C@H]1O[C@H](OCC(C)(C)C)C(O)(O)C1(O)O.CC(C)(C)COCC(O)[C@H]1O[C@H](OCC(C)(C)C)[C@@H](O)[C@@H]1O. The predicted molar refractivity (Wildman–Crippen MR) is 334 cm³/mol. The van der Waals surface area contributed by atoms with Gasteiger partial charge in [0.25, 0.3) is 23.1 Å². The molecule has 16 N–H and O–H groups in total. The molecular formula is C64H128O28. The summed E-state index contributed by atoms with van der Waals surface area (Å²) >= 11 is 0. The van der Waals surface area contributed by atoms with E-state index in [2.05, 4.69) is 0 Å². The number of hydrogen-bond donors (Lipinski definition) is 16. The summed E-state index contributed by atoms with van der Waals surface area (Å²) in [6.07, 6.45) is -20.3. The van der Waals surface area contributed by atoms with E-state index in [1.165, 1.54) is 0 Å². The normalized spacial score (nSPS) is 29.7. The molecule has 0 amide bonds. The first kappa shape index (κ1) is 88.9. The third-order valence-corrected chi connectivity index (χ3v) is 13.0. The Hall–Kier alpha value is -1.12. The first-order valence-corrected chi connectivity index (χ1v) is 31.6. The molecule has 92 heavy (non-hydrogen) atoms. The van der Waals surface area contributed by atoms with Crippen LogP contribution in [0.25, 0.3) is 0 Å². The summed E-state index contributed by atoms with van der Waals surface area (Å²) in [6.45, 7) is 49.1. The van der Waals surface area contributed by atoms with Crippen LogP contribution in [0.15, 0.2) is 0 Å². The Labute approximate surface area is 547 Å². The third kappa shape index (κ3) is 31.0. The second-order valence-corrected chi connectivity index (χ2v) is 34.6. The molecule has 0 saturated carbocycles. The third-order valence-electron chi connectivity index (χ3n) is 13.0. The van der Waals surface area contributed by atoms with Gasteiger partial charge in [-0.1, -0.05) is 166 Å². The number of rotatable bonds is 24. The van der Waals surface area contributed by atoms with Crippen molar-refractivity contribution in [3.05, 3.63) is 0 Å². The first-order chi connectivity index (χ1) is 41.0. The smallest absolute Gasteiger partial charge is 0.274 e. The van der Waals surface area contributed by atoms with Gasteiger partial charge in [-0.25, -0.2) is 0 Å². The molecule has 4 saturated heterocycles. The average molecular weight is 1350 g/mol. The maximum absolute atomic E-state index is 10.1. The standard InChI is InChI=1S/2C16H32O8.2C16H32O6/c2*1-13(2,3)8-22-7-10(17)11-15(18,19)16(20,21)12(24-11)23-9-14(4,5)6;2*1-15(2,3)8-20-7-10(17)13-11(18)12(19)14(22-13)21-9-16(4,5)6/h2*10-12,17-21H,7-9H2,1-6H3;2*10-14,17-19H,7-9H2,1-6H3/t10?,11-,12+;10?,11-,12-;10?,11-,12-,13+,14+;10?,11-,12-,13+,14-/m1100/s1. The molecule has 4 fully saturated rings. The van der Waals surface area contributed by atoms with Crippen molar-refractivity contribution in [2.24, 2.45) is 43.3 Å². The monoisotopic (exact) mass is 1340 g/mol. The zero-order valence-electron chi connectivity index (χ0n) is 59.8. The summed E-state index contributed by atoms with van der Waals surface area (Å²) in [6, 6.07) is 0. The van der Waals surface area contributed by atoms with Crippen LogP contribution >= 0.6 is 0 Å². The molecule has 4 heterocycles. The van der Waals surface area contributed by atoms with Crippen LogP contribution < -0.4 is 0 Å². The molecule has 4 aliphatic rings. The molecule has 0 aliphatic carbocycles. The molecular weight excluding hydrogens is 1220 g/mol. The molecule has 28 heteroatoms. The van der Waals surface area contributed by atoms with E-state index in [0.717, 1.165) is 0 Å². The fraction of sp³-hybridized carbons (Fsp3) is 1.00. The Balaban J connectivity index is 0.000000614. The van der Waals surface area contributed by atoms with E-state index < -0.39 is 122 Å². The van der Waals surface area contributed by atoms with Gasteiger partial charge in [0.1, 0.15) is 73.2 Å². The van der Waals surface area contributed by atoms with Crippen LogP contribution in [-0.4, -0.2) is 283 Å². The maximum atomic E-state index is 10.1. The van der Waals surface area contributed by atoms with Gasteiger partial charge < -0.3 is 139 Å². The van der Waals surface area contributed by atoms with Crippen molar-refractivity contribution >= 4 is 0 Å². The highest BCUT2D eigenvalue weighted by atomic mass is 16.8. The molecule has 0 spiro atoms. The molecule has 0 aromatic rings. The van der Waals surface area contributed by atoms with Gasteiger partial charge in [0, 0.05) is 0 Å². The van der Waals surface area contributed by atoms with E-state index in [1.807, 2.05) is 166 Å². The highest BCUT2D eigenvalue weighted by Crippen LogP contribution is 2.41. The minimum atomic E-state index is -3.11. The lowest BCUT2D eigenvalue weighted by Crippen LogP contribution is -2.62. The average Bonchev–Trinajstić information content (AvgIpc) is 1.60. The molecule has 0 aromatic heterocycles. The van der Waals surface area contributed by atoms with Crippen molar-refractivity contribution in [1.82, 2.24) is 0 Å². The van der Waals surface area contributed by atoms with Crippen LogP contribution in [0.2, 0.25) is 0 Å². The summed E-state index contributed by atoms with van der Waals surface area (Å²) in [7, 11) is 0. The van der Waals surface area contributed by atoms with E-state index in [-0.39, 0.29) is 83.0 Å². The van der Waals surface area contributed by atoms with Crippen LogP contribution in [0.3, 0.4) is 0 Å². The lowest BCUT2D eigenvalue weighted by Gasteiger charge is -2.33. The number of ether oxygens (including phenoxy) is 12. The van der Waals surface area contributed by atoms with Crippen molar-refractivity contribution in [2.45, 2.75) is 288 Å². The molecule has 4 aliphatic heterocycles. The lowest BCUT2D eigenvalue weighted by atomic mass is 9.97. The van der Waals surface area contributed by atoms with E-state index >= 15 is 0 Å². The van der Waals surface area contributed by atoms with E-state index in [9.17, 15) is 81.7 Å². The molecule has 0 radical (unpaired) electrons. The van der Waals surface area contributed by atoms with E-state index in [0.29, 0.717) is 39.6 Å². The zero-order valence-corrected chi connectivity index (χ0v) is 59.8. The van der Waals surface area contributed by atoms with Crippen molar-refractivity contribution in [2.75, 3.05) is 79.3 Å². The summed E-state index contributed by atoms with van der Waals surface area (Å²) < 4.78 is 64.4. The lowest BCUT2D eigenvalue weighted by molar-refractivity contribution is -0.373. The fourth-order valence-corrected chi connectivity index (χ4v) is 8.32. The Kier molecular flexibility index (Phi) is 33.6. The molecule has 4 rings (SSSR count). The van der Waals surface area contributed by atoms with Gasteiger partial charge in [-0.05, 0) is 43.3 Å². The molecule has 0 aromatic carbocycles. The van der Waals surface area contributed by atoms with Crippen molar-refractivity contribution in [3.8, 4) is 0 Å². The van der Waals surface area contributed by atoms with Crippen molar-refractivity contribution in [1.29, 1.82) is 0 Å². The Morgan fingerprint density at radius 3 is 0.707 bits per heavy atom. The van der Waals surface area contributed by atoms with Crippen molar-refractivity contribution < 1.29 is 139 Å². The van der Waals surface area contributed by atoms with E-state index in [1.54, 1.807) is 0 Å². The van der Waals surface area contributed by atoms with Gasteiger partial charge >= 0.3 is 0 Å². The first-order valence-electron chi connectivity index (χ1n) is 31.6. The van der Waals surface area contributed by atoms with Gasteiger partial charge in [0.2, 0.25) is 12.6 Å². The summed E-state index contributed by atoms with van der Waals surface area (Å²) in [5, 5.41) is 161. The van der Waals surface area contributed by atoms with Crippen LogP contribution in [0.5, 0.6) is 0 Å².